The fourth-order valence-corrected chi connectivity index (χ4v) is 2.64. The SMILES string of the molecule is CN1CCC[C@@H]1CCCNCc1ccccc1. The Hall–Kier alpha value is -0.860. The average Bonchev–Trinajstić information content (AvgIpc) is 2.76. The van der Waals surface area contributed by atoms with E-state index in [2.05, 4.69) is 47.6 Å². The molecule has 0 aromatic heterocycles. The molecule has 1 aromatic carbocycles. The van der Waals surface area contributed by atoms with Crippen LogP contribution in [0.5, 0.6) is 0 Å². The van der Waals surface area contributed by atoms with Crippen LogP contribution in [0.25, 0.3) is 0 Å². The first-order valence-electron chi connectivity index (χ1n) is 6.81. The van der Waals surface area contributed by atoms with Gasteiger partial charge in [-0.15, -0.1) is 0 Å². The molecule has 0 unspecified atom stereocenters. The van der Waals surface area contributed by atoms with Crippen molar-refractivity contribution in [3.8, 4) is 0 Å². The normalized spacial score (nSPS) is 20.9. The summed E-state index contributed by atoms with van der Waals surface area (Å²) in [5.41, 5.74) is 1.38. The second-order valence-electron chi connectivity index (χ2n) is 5.08. The van der Waals surface area contributed by atoms with Gasteiger partial charge >= 0.3 is 0 Å². The number of benzene rings is 1. The van der Waals surface area contributed by atoms with Gasteiger partial charge in [-0.25, -0.2) is 0 Å². The van der Waals surface area contributed by atoms with Gasteiger partial charge in [0.15, 0.2) is 0 Å². The lowest BCUT2D eigenvalue weighted by atomic mass is 10.1. The predicted molar refractivity (Wildman–Crippen MR) is 73.0 cm³/mol. The van der Waals surface area contributed by atoms with Gasteiger partial charge < -0.3 is 10.2 Å². The maximum atomic E-state index is 3.52. The highest BCUT2D eigenvalue weighted by atomic mass is 15.1. The summed E-state index contributed by atoms with van der Waals surface area (Å²) in [7, 11) is 2.26. The Morgan fingerprint density at radius 3 is 2.82 bits per heavy atom. The lowest BCUT2D eigenvalue weighted by molar-refractivity contribution is 0.291. The number of hydrogen-bond acceptors (Lipinski definition) is 2. The van der Waals surface area contributed by atoms with Crippen molar-refractivity contribution in [2.45, 2.75) is 38.3 Å². The molecule has 0 aliphatic carbocycles. The quantitative estimate of drug-likeness (QED) is 0.759. The van der Waals surface area contributed by atoms with Gasteiger partial charge in [-0.3, -0.25) is 0 Å². The Balaban J connectivity index is 1.55. The molecule has 0 amide bonds. The van der Waals surface area contributed by atoms with E-state index in [1.807, 2.05) is 0 Å². The Labute approximate surface area is 105 Å². The van der Waals surface area contributed by atoms with Gasteiger partial charge in [0.2, 0.25) is 0 Å². The van der Waals surface area contributed by atoms with Crippen molar-refractivity contribution in [2.24, 2.45) is 0 Å². The monoisotopic (exact) mass is 232 g/mol. The summed E-state index contributed by atoms with van der Waals surface area (Å²) in [5, 5.41) is 3.52. The first-order valence-corrected chi connectivity index (χ1v) is 6.81. The van der Waals surface area contributed by atoms with Crippen LogP contribution in [0.4, 0.5) is 0 Å². The number of nitrogens with one attached hydrogen (secondary N) is 1. The topological polar surface area (TPSA) is 15.3 Å². The van der Waals surface area contributed by atoms with Crippen molar-refractivity contribution in [3.05, 3.63) is 35.9 Å². The Morgan fingerprint density at radius 2 is 2.12 bits per heavy atom. The van der Waals surface area contributed by atoms with Crippen LogP contribution in [-0.4, -0.2) is 31.1 Å². The maximum absolute atomic E-state index is 3.52. The highest BCUT2D eigenvalue weighted by Crippen LogP contribution is 2.18. The summed E-state index contributed by atoms with van der Waals surface area (Å²) < 4.78 is 0. The van der Waals surface area contributed by atoms with Gasteiger partial charge in [0.05, 0.1) is 0 Å². The zero-order chi connectivity index (χ0) is 11.9. The van der Waals surface area contributed by atoms with Gasteiger partial charge in [-0.05, 0) is 51.4 Å². The standard InChI is InChI=1S/C15H24N2/c1-17-12-6-10-15(17)9-5-11-16-13-14-7-3-2-4-8-14/h2-4,7-8,15-16H,5-6,9-13H2,1H3/t15-/m0/s1. The molecule has 2 rings (SSSR count). The molecule has 1 atom stereocenters. The van der Waals surface area contributed by atoms with Crippen molar-refractivity contribution < 1.29 is 0 Å². The van der Waals surface area contributed by atoms with Crippen molar-refractivity contribution in [3.63, 3.8) is 0 Å². The van der Waals surface area contributed by atoms with Crippen LogP contribution < -0.4 is 5.32 Å². The van der Waals surface area contributed by atoms with Gasteiger partial charge in [-0.1, -0.05) is 30.3 Å². The lowest BCUT2D eigenvalue weighted by Crippen LogP contribution is -2.26. The molecule has 1 aliphatic heterocycles. The fourth-order valence-electron chi connectivity index (χ4n) is 2.64. The van der Waals surface area contributed by atoms with Crippen LogP contribution in [0.3, 0.4) is 0 Å². The molecule has 1 N–H and O–H groups in total. The molecule has 94 valence electrons. The molecule has 1 fully saturated rings. The molecular weight excluding hydrogens is 208 g/mol. The van der Waals surface area contributed by atoms with Gasteiger partial charge in [-0.2, -0.15) is 0 Å². The van der Waals surface area contributed by atoms with E-state index in [0.717, 1.165) is 19.1 Å². The minimum absolute atomic E-state index is 0.841. The molecule has 17 heavy (non-hydrogen) atoms. The number of hydrogen-bond donors (Lipinski definition) is 1. The van der Waals surface area contributed by atoms with E-state index < -0.39 is 0 Å². The molecule has 1 aromatic rings. The smallest absolute Gasteiger partial charge is 0.0205 e. The number of rotatable bonds is 6. The summed E-state index contributed by atoms with van der Waals surface area (Å²) in [5.74, 6) is 0. The summed E-state index contributed by atoms with van der Waals surface area (Å²) in [6.07, 6.45) is 5.42. The third-order valence-electron chi connectivity index (χ3n) is 3.73. The molecule has 0 bridgehead atoms. The molecule has 0 spiro atoms. The molecule has 1 heterocycles. The van der Waals surface area contributed by atoms with Crippen LogP contribution in [-0.2, 0) is 6.54 Å². The van der Waals surface area contributed by atoms with E-state index in [1.165, 1.54) is 37.8 Å². The first kappa shape index (κ1) is 12.6. The summed E-state index contributed by atoms with van der Waals surface area (Å²) >= 11 is 0. The van der Waals surface area contributed by atoms with Crippen LogP contribution in [0.2, 0.25) is 0 Å². The van der Waals surface area contributed by atoms with Crippen molar-refractivity contribution in [1.82, 2.24) is 10.2 Å². The summed E-state index contributed by atoms with van der Waals surface area (Å²) in [6.45, 7) is 3.43. The minimum Gasteiger partial charge on any atom is -0.313 e. The molecule has 0 saturated carbocycles. The van der Waals surface area contributed by atoms with Gasteiger partial charge in [0.25, 0.3) is 0 Å². The van der Waals surface area contributed by atoms with E-state index in [-0.39, 0.29) is 0 Å². The molecule has 0 radical (unpaired) electrons. The third kappa shape index (κ3) is 4.14. The maximum Gasteiger partial charge on any atom is 0.0205 e. The molecule has 2 nitrogen and oxygen atoms in total. The Morgan fingerprint density at radius 1 is 1.29 bits per heavy atom. The second-order valence-corrected chi connectivity index (χ2v) is 5.08. The van der Waals surface area contributed by atoms with Crippen LogP contribution >= 0.6 is 0 Å². The van der Waals surface area contributed by atoms with E-state index in [4.69, 9.17) is 0 Å². The average molecular weight is 232 g/mol. The minimum atomic E-state index is 0.841. The predicted octanol–water partition coefficient (Wildman–Crippen LogP) is 2.65. The Kier molecular flexibility index (Phi) is 5.02. The molecular formula is C15H24N2. The largest absolute Gasteiger partial charge is 0.313 e. The number of likely N-dealkylation sites (tertiary alicyclic amines) is 1. The second kappa shape index (κ2) is 6.77. The van der Waals surface area contributed by atoms with E-state index in [0.29, 0.717) is 0 Å². The first-order chi connectivity index (χ1) is 8.36. The van der Waals surface area contributed by atoms with Crippen molar-refractivity contribution in [1.29, 1.82) is 0 Å². The van der Waals surface area contributed by atoms with Crippen molar-refractivity contribution in [2.75, 3.05) is 20.1 Å². The molecule has 1 saturated heterocycles. The zero-order valence-corrected chi connectivity index (χ0v) is 10.9. The van der Waals surface area contributed by atoms with Crippen molar-refractivity contribution >= 4 is 0 Å². The highest BCUT2D eigenvalue weighted by Gasteiger charge is 2.19. The lowest BCUT2D eigenvalue weighted by Gasteiger charge is -2.19. The highest BCUT2D eigenvalue weighted by molar-refractivity contribution is 5.14. The zero-order valence-electron chi connectivity index (χ0n) is 10.9. The fraction of sp³-hybridized carbons (Fsp3) is 0.600. The van der Waals surface area contributed by atoms with Crippen LogP contribution in [0.15, 0.2) is 30.3 Å². The summed E-state index contributed by atoms with van der Waals surface area (Å²) in [6, 6.07) is 11.5. The van der Waals surface area contributed by atoms with Gasteiger partial charge in [0.1, 0.15) is 0 Å². The van der Waals surface area contributed by atoms with E-state index >= 15 is 0 Å². The van der Waals surface area contributed by atoms with Gasteiger partial charge in [0, 0.05) is 12.6 Å². The van der Waals surface area contributed by atoms with E-state index in [9.17, 15) is 0 Å². The molecule has 2 heteroatoms. The van der Waals surface area contributed by atoms with Crippen LogP contribution in [0, 0.1) is 0 Å². The molecule has 1 aliphatic rings. The van der Waals surface area contributed by atoms with E-state index in [1.54, 1.807) is 0 Å². The van der Waals surface area contributed by atoms with Crippen LogP contribution in [0.1, 0.15) is 31.2 Å². The third-order valence-corrected chi connectivity index (χ3v) is 3.73. The number of nitrogens with zero attached hydrogens (tertiary/aromatic N) is 1. The Bertz CT molecular complexity index is 310. The summed E-state index contributed by atoms with van der Waals surface area (Å²) in [4.78, 5) is 2.51.